The third-order valence-corrected chi connectivity index (χ3v) is 3.31. The zero-order chi connectivity index (χ0) is 14.5. The zero-order valence-electron chi connectivity index (χ0n) is 11.9. The first-order valence-electron chi connectivity index (χ1n) is 6.94. The van der Waals surface area contributed by atoms with Crippen LogP contribution in [0.15, 0.2) is 42.7 Å². The maximum absolute atomic E-state index is 6.03. The van der Waals surface area contributed by atoms with Crippen LogP contribution in [0.25, 0.3) is 0 Å². The largest absolute Gasteiger partial charge is 0.497 e. The van der Waals surface area contributed by atoms with Crippen molar-refractivity contribution >= 4 is 11.4 Å². The van der Waals surface area contributed by atoms with Crippen molar-refractivity contribution in [1.29, 1.82) is 0 Å². The Balaban J connectivity index is 1.83. The summed E-state index contributed by atoms with van der Waals surface area (Å²) < 4.78 is 16.7. The minimum atomic E-state index is 0.0894. The van der Waals surface area contributed by atoms with Gasteiger partial charge in [0.1, 0.15) is 17.6 Å². The predicted molar refractivity (Wildman–Crippen MR) is 80.4 cm³/mol. The van der Waals surface area contributed by atoms with E-state index in [2.05, 4.69) is 10.3 Å². The van der Waals surface area contributed by atoms with E-state index in [0.29, 0.717) is 6.61 Å². The van der Waals surface area contributed by atoms with Crippen molar-refractivity contribution in [2.75, 3.05) is 25.6 Å². The van der Waals surface area contributed by atoms with Crippen molar-refractivity contribution in [2.45, 2.75) is 12.5 Å². The molecule has 1 aromatic heterocycles. The Morgan fingerprint density at radius 3 is 3.00 bits per heavy atom. The van der Waals surface area contributed by atoms with Gasteiger partial charge in [0.2, 0.25) is 0 Å². The molecule has 1 aromatic carbocycles. The van der Waals surface area contributed by atoms with Crippen molar-refractivity contribution in [2.24, 2.45) is 0 Å². The second kappa shape index (κ2) is 6.45. The molecule has 0 bridgehead atoms. The Kier molecular flexibility index (Phi) is 4.21. The minimum Gasteiger partial charge on any atom is -0.497 e. The lowest BCUT2D eigenvalue weighted by Crippen LogP contribution is -2.16. The fourth-order valence-electron chi connectivity index (χ4n) is 2.21. The van der Waals surface area contributed by atoms with Crippen molar-refractivity contribution in [1.82, 2.24) is 4.98 Å². The molecule has 0 saturated carbocycles. The van der Waals surface area contributed by atoms with Crippen LogP contribution in [0.4, 0.5) is 11.4 Å². The Hall–Kier alpha value is -2.27. The van der Waals surface area contributed by atoms with Gasteiger partial charge in [-0.05, 0) is 24.3 Å². The van der Waals surface area contributed by atoms with Crippen LogP contribution >= 0.6 is 0 Å². The molecule has 0 amide bonds. The number of aromatic nitrogens is 1. The van der Waals surface area contributed by atoms with Gasteiger partial charge in [0, 0.05) is 18.7 Å². The highest BCUT2D eigenvalue weighted by molar-refractivity contribution is 5.67. The SMILES string of the molecule is COc1ccc(Nc2cccnc2)c(O[C@@H]2CCOC2)c1. The van der Waals surface area contributed by atoms with Gasteiger partial charge in [0.15, 0.2) is 0 Å². The number of nitrogens with zero attached hydrogens (tertiary/aromatic N) is 1. The fourth-order valence-corrected chi connectivity index (χ4v) is 2.21. The summed E-state index contributed by atoms with van der Waals surface area (Å²) in [6, 6.07) is 9.57. The number of benzene rings is 1. The number of nitrogens with one attached hydrogen (secondary N) is 1. The topological polar surface area (TPSA) is 52.6 Å². The fraction of sp³-hybridized carbons (Fsp3) is 0.312. The summed E-state index contributed by atoms with van der Waals surface area (Å²) in [5.41, 5.74) is 1.80. The predicted octanol–water partition coefficient (Wildman–Crippen LogP) is 3.00. The van der Waals surface area contributed by atoms with Crippen molar-refractivity contribution < 1.29 is 14.2 Å². The van der Waals surface area contributed by atoms with E-state index < -0.39 is 0 Å². The number of ether oxygens (including phenoxy) is 3. The molecule has 0 unspecified atom stereocenters. The maximum atomic E-state index is 6.03. The molecule has 3 rings (SSSR count). The first-order valence-corrected chi connectivity index (χ1v) is 6.94. The van der Waals surface area contributed by atoms with Crippen LogP contribution in [0.2, 0.25) is 0 Å². The Morgan fingerprint density at radius 1 is 1.33 bits per heavy atom. The van der Waals surface area contributed by atoms with Gasteiger partial charge in [-0.25, -0.2) is 0 Å². The first kappa shape index (κ1) is 13.7. The van der Waals surface area contributed by atoms with Crippen LogP contribution in [0.5, 0.6) is 11.5 Å². The van der Waals surface area contributed by atoms with E-state index in [1.165, 1.54) is 0 Å². The summed E-state index contributed by atoms with van der Waals surface area (Å²) in [6.45, 7) is 1.38. The molecule has 1 saturated heterocycles. The third-order valence-electron chi connectivity index (χ3n) is 3.31. The van der Waals surface area contributed by atoms with E-state index >= 15 is 0 Å². The van der Waals surface area contributed by atoms with Gasteiger partial charge in [0.05, 0.1) is 37.9 Å². The highest BCUT2D eigenvalue weighted by Gasteiger charge is 2.19. The zero-order valence-corrected chi connectivity index (χ0v) is 11.9. The molecule has 5 heteroatoms. The molecule has 2 aromatic rings. The Labute approximate surface area is 123 Å². The second-order valence-electron chi connectivity index (χ2n) is 4.83. The summed E-state index contributed by atoms with van der Waals surface area (Å²) >= 11 is 0. The molecule has 0 radical (unpaired) electrons. The average Bonchev–Trinajstić information content (AvgIpc) is 3.03. The van der Waals surface area contributed by atoms with Crippen LogP contribution in [0.1, 0.15) is 6.42 Å². The minimum absolute atomic E-state index is 0.0894. The highest BCUT2D eigenvalue weighted by Crippen LogP contribution is 2.33. The lowest BCUT2D eigenvalue weighted by Gasteiger charge is -2.17. The van der Waals surface area contributed by atoms with Crippen LogP contribution in [0, 0.1) is 0 Å². The van der Waals surface area contributed by atoms with Crippen molar-refractivity contribution in [3.8, 4) is 11.5 Å². The number of methoxy groups -OCH3 is 1. The van der Waals surface area contributed by atoms with E-state index in [0.717, 1.165) is 35.9 Å². The van der Waals surface area contributed by atoms with Gasteiger partial charge < -0.3 is 19.5 Å². The molecule has 21 heavy (non-hydrogen) atoms. The van der Waals surface area contributed by atoms with Gasteiger partial charge in [-0.15, -0.1) is 0 Å². The Bertz CT molecular complexity index is 583. The lowest BCUT2D eigenvalue weighted by atomic mass is 10.2. The van der Waals surface area contributed by atoms with Crippen molar-refractivity contribution in [3.63, 3.8) is 0 Å². The van der Waals surface area contributed by atoms with Gasteiger partial charge in [0.25, 0.3) is 0 Å². The molecule has 1 fully saturated rings. The molecule has 0 aliphatic carbocycles. The van der Waals surface area contributed by atoms with E-state index in [4.69, 9.17) is 14.2 Å². The summed E-state index contributed by atoms with van der Waals surface area (Å²) in [4.78, 5) is 4.10. The van der Waals surface area contributed by atoms with Crippen LogP contribution < -0.4 is 14.8 Å². The van der Waals surface area contributed by atoms with Crippen LogP contribution in [-0.4, -0.2) is 31.4 Å². The van der Waals surface area contributed by atoms with E-state index in [1.807, 2.05) is 30.3 Å². The molecule has 2 heterocycles. The lowest BCUT2D eigenvalue weighted by molar-refractivity contribution is 0.141. The van der Waals surface area contributed by atoms with E-state index in [9.17, 15) is 0 Å². The van der Waals surface area contributed by atoms with Gasteiger partial charge in [-0.2, -0.15) is 0 Å². The number of anilines is 2. The van der Waals surface area contributed by atoms with Gasteiger partial charge >= 0.3 is 0 Å². The maximum Gasteiger partial charge on any atom is 0.146 e. The summed E-state index contributed by atoms with van der Waals surface area (Å²) in [5.74, 6) is 1.52. The second-order valence-corrected chi connectivity index (χ2v) is 4.83. The first-order chi connectivity index (χ1) is 10.3. The molecule has 1 N–H and O–H groups in total. The van der Waals surface area contributed by atoms with Gasteiger partial charge in [-0.3, -0.25) is 4.98 Å². The van der Waals surface area contributed by atoms with Crippen LogP contribution in [0.3, 0.4) is 0 Å². The number of hydrogen-bond acceptors (Lipinski definition) is 5. The number of pyridine rings is 1. The molecule has 1 atom stereocenters. The Morgan fingerprint density at radius 2 is 2.29 bits per heavy atom. The molecule has 0 spiro atoms. The average molecular weight is 286 g/mol. The molecular weight excluding hydrogens is 268 g/mol. The standard InChI is InChI=1S/C16H18N2O3/c1-19-13-4-5-15(18-12-3-2-7-17-10-12)16(9-13)21-14-6-8-20-11-14/h2-5,7,9-10,14,18H,6,8,11H2,1H3/t14-/m1/s1. The quantitative estimate of drug-likeness (QED) is 0.915. The van der Waals surface area contributed by atoms with Crippen molar-refractivity contribution in [3.05, 3.63) is 42.7 Å². The highest BCUT2D eigenvalue weighted by atomic mass is 16.5. The van der Waals surface area contributed by atoms with E-state index in [-0.39, 0.29) is 6.10 Å². The monoisotopic (exact) mass is 286 g/mol. The number of rotatable bonds is 5. The summed E-state index contributed by atoms with van der Waals surface area (Å²) in [6.07, 6.45) is 4.51. The molecule has 1 aliphatic heterocycles. The molecule has 1 aliphatic rings. The summed E-state index contributed by atoms with van der Waals surface area (Å²) in [5, 5.41) is 3.31. The molecule has 110 valence electrons. The molecule has 5 nitrogen and oxygen atoms in total. The normalized spacial score (nSPS) is 17.5. The van der Waals surface area contributed by atoms with E-state index in [1.54, 1.807) is 19.5 Å². The summed E-state index contributed by atoms with van der Waals surface area (Å²) in [7, 11) is 1.64. The van der Waals surface area contributed by atoms with Gasteiger partial charge in [-0.1, -0.05) is 0 Å². The smallest absolute Gasteiger partial charge is 0.146 e. The molecular formula is C16H18N2O3. The third kappa shape index (κ3) is 3.44. The van der Waals surface area contributed by atoms with Crippen LogP contribution in [-0.2, 0) is 4.74 Å². The number of hydrogen-bond donors (Lipinski definition) is 1.